The van der Waals surface area contributed by atoms with Gasteiger partial charge in [0, 0.05) is 6.61 Å². The van der Waals surface area contributed by atoms with Gasteiger partial charge in [0.1, 0.15) is 0 Å². The smallest absolute Gasteiger partial charge is 0.374 e. The molecule has 0 aromatic carbocycles. The standard InChI is InChI=1S/C20H32O6/c21-15-11-9-7-5-3-1-2-4-6-8-10-12-16-25-20(24)18-14-13-17(26-18)19(22)23/h13-14,21H,1-12,15-16H2,(H,22,23). The first-order chi connectivity index (χ1) is 12.6. The van der Waals surface area contributed by atoms with Crippen molar-refractivity contribution in [1.29, 1.82) is 0 Å². The third-order valence-electron chi connectivity index (χ3n) is 4.30. The summed E-state index contributed by atoms with van der Waals surface area (Å²) in [7, 11) is 0. The van der Waals surface area contributed by atoms with Gasteiger partial charge in [-0.2, -0.15) is 0 Å². The van der Waals surface area contributed by atoms with E-state index in [2.05, 4.69) is 0 Å². The minimum absolute atomic E-state index is 0.0706. The fourth-order valence-electron chi connectivity index (χ4n) is 2.78. The number of carboxylic acid groups (broad SMARTS) is 1. The first-order valence-electron chi connectivity index (χ1n) is 9.76. The lowest BCUT2D eigenvalue weighted by atomic mass is 10.1. The molecule has 0 unspecified atom stereocenters. The quantitative estimate of drug-likeness (QED) is 0.321. The second kappa shape index (κ2) is 14.4. The van der Waals surface area contributed by atoms with E-state index in [9.17, 15) is 9.59 Å². The van der Waals surface area contributed by atoms with Crippen LogP contribution in [0.1, 0.15) is 98.2 Å². The van der Waals surface area contributed by atoms with Gasteiger partial charge in [-0.05, 0) is 25.0 Å². The van der Waals surface area contributed by atoms with E-state index in [-0.39, 0.29) is 11.5 Å². The van der Waals surface area contributed by atoms with Crippen LogP contribution >= 0.6 is 0 Å². The number of hydrogen-bond acceptors (Lipinski definition) is 5. The number of furan rings is 1. The summed E-state index contributed by atoms with van der Waals surface area (Å²) in [5.41, 5.74) is 0. The zero-order valence-electron chi connectivity index (χ0n) is 15.6. The molecule has 6 heteroatoms. The van der Waals surface area contributed by atoms with Crippen molar-refractivity contribution < 1.29 is 29.0 Å². The number of aliphatic hydroxyl groups is 1. The second-order valence-electron chi connectivity index (χ2n) is 6.57. The normalized spacial score (nSPS) is 10.8. The number of aromatic carboxylic acids is 1. The minimum atomic E-state index is -1.20. The number of ether oxygens (including phenoxy) is 1. The lowest BCUT2D eigenvalue weighted by Gasteiger charge is -2.04. The summed E-state index contributed by atoms with van der Waals surface area (Å²) in [5, 5.41) is 17.4. The number of rotatable bonds is 16. The Morgan fingerprint density at radius 3 is 1.69 bits per heavy atom. The molecule has 0 radical (unpaired) electrons. The monoisotopic (exact) mass is 368 g/mol. The summed E-state index contributed by atoms with van der Waals surface area (Å²) in [5.74, 6) is -2.15. The van der Waals surface area contributed by atoms with Crippen molar-refractivity contribution in [2.45, 2.75) is 77.0 Å². The molecule has 0 fully saturated rings. The molecule has 0 aliphatic carbocycles. The third-order valence-corrected chi connectivity index (χ3v) is 4.30. The van der Waals surface area contributed by atoms with E-state index in [1.54, 1.807) is 0 Å². The molecule has 0 saturated carbocycles. The van der Waals surface area contributed by atoms with E-state index < -0.39 is 11.9 Å². The summed E-state index contributed by atoms with van der Waals surface area (Å²) in [4.78, 5) is 22.4. The lowest BCUT2D eigenvalue weighted by molar-refractivity contribution is 0.0456. The van der Waals surface area contributed by atoms with Crippen LogP contribution in [0.15, 0.2) is 16.5 Å². The first kappa shape index (κ1) is 22.2. The highest BCUT2D eigenvalue weighted by Crippen LogP contribution is 2.13. The van der Waals surface area contributed by atoms with Crippen LogP contribution in [-0.4, -0.2) is 35.4 Å². The third kappa shape index (κ3) is 10.2. The molecule has 0 aliphatic rings. The van der Waals surface area contributed by atoms with Crippen LogP contribution in [0, 0.1) is 0 Å². The molecule has 0 aliphatic heterocycles. The predicted octanol–water partition coefficient (Wildman–Crippen LogP) is 4.81. The molecule has 148 valence electrons. The molecule has 0 atom stereocenters. The maximum absolute atomic E-state index is 11.7. The summed E-state index contributed by atoms with van der Waals surface area (Å²) in [6.45, 7) is 0.642. The van der Waals surface area contributed by atoms with E-state index in [0.29, 0.717) is 13.2 Å². The minimum Gasteiger partial charge on any atom is -0.475 e. The topological polar surface area (TPSA) is 97.0 Å². The molecule has 1 aromatic heterocycles. The fourth-order valence-corrected chi connectivity index (χ4v) is 2.78. The molecular weight excluding hydrogens is 336 g/mol. The highest BCUT2D eigenvalue weighted by molar-refractivity contribution is 5.89. The summed E-state index contributed by atoms with van der Waals surface area (Å²) in [6.07, 6.45) is 13.9. The molecule has 0 bridgehead atoms. The zero-order valence-corrected chi connectivity index (χ0v) is 15.6. The number of esters is 1. The Bertz CT molecular complexity index is 508. The summed E-state index contributed by atoms with van der Waals surface area (Å²) < 4.78 is 9.97. The van der Waals surface area contributed by atoms with Gasteiger partial charge in [-0.15, -0.1) is 0 Å². The van der Waals surface area contributed by atoms with Gasteiger partial charge in [0.25, 0.3) is 0 Å². The second-order valence-corrected chi connectivity index (χ2v) is 6.57. The van der Waals surface area contributed by atoms with Gasteiger partial charge >= 0.3 is 11.9 Å². The fraction of sp³-hybridized carbons (Fsp3) is 0.700. The highest BCUT2D eigenvalue weighted by Gasteiger charge is 2.15. The van der Waals surface area contributed by atoms with Crippen LogP contribution in [0.2, 0.25) is 0 Å². The summed E-state index contributed by atoms with van der Waals surface area (Å²) in [6, 6.07) is 2.56. The average Bonchev–Trinajstić information content (AvgIpc) is 3.12. The maximum Gasteiger partial charge on any atom is 0.374 e. The van der Waals surface area contributed by atoms with Crippen LogP contribution in [0.3, 0.4) is 0 Å². The molecule has 0 amide bonds. The van der Waals surface area contributed by atoms with Gasteiger partial charge < -0.3 is 19.4 Å². The van der Waals surface area contributed by atoms with Crippen molar-refractivity contribution in [3.63, 3.8) is 0 Å². The van der Waals surface area contributed by atoms with Crippen LogP contribution in [0.5, 0.6) is 0 Å². The molecular formula is C20H32O6. The van der Waals surface area contributed by atoms with E-state index in [1.165, 1.54) is 57.1 Å². The van der Waals surface area contributed by atoms with Crippen molar-refractivity contribution in [2.24, 2.45) is 0 Å². The van der Waals surface area contributed by atoms with Crippen molar-refractivity contribution in [2.75, 3.05) is 13.2 Å². The maximum atomic E-state index is 11.7. The van der Waals surface area contributed by atoms with Crippen LogP contribution in [-0.2, 0) is 4.74 Å². The number of carbonyl (C=O) groups is 2. The van der Waals surface area contributed by atoms with Crippen molar-refractivity contribution >= 4 is 11.9 Å². The Hall–Kier alpha value is -1.82. The largest absolute Gasteiger partial charge is 0.475 e. The molecule has 1 heterocycles. The van der Waals surface area contributed by atoms with Gasteiger partial charge in [0.15, 0.2) is 0 Å². The van der Waals surface area contributed by atoms with E-state index in [1.807, 2.05) is 0 Å². The van der Waals surface area contributed by atoms with E-state index >= 15 is 0 Å². The number of hydrogen-bond donors (Lipinski definition) is 2. The van der Waals surface area contributed by atoms with Gasteiger partial charge in [-0.3, -0.25) is 0 Å². The molecule has 1 rings (SSSR count). The van der Waals surface area contributed by atoms with Gasteiger partial charge in [-0.1, -0.05) is 64.2 Å². The van der Waals surface area contributed by atoms with Crippen LogP contribution < -0.4 is 0 Å². The Kier molecular flexibility index (Phi) is 12.3. The number of carbonyl (C=O) groups excluding carboxylic acids is 1. The van der Waals surface area contributed by atoms with Crippen molar-refractivity contribution in [3.05, 3.63) is 23.7 Å². The Balaban J connectivity index is 1.88. The van der Waals surface area contributed by atoms with E-state index in [0.717, 1.165) is 32.1 Å². The molecule has 2 N–H and O–H groups in total. The lowest BCUT2D eigenvalue weighted by Crippen LogP contribution is -2.05. The Morgan fingerprint density at radius 2 is 1.23 bits per heavy atom. The van der Waals surface area contributed by atoms with E-state index in [4.69, 9.17) is 19.4 Å². The van der Waals surface area contributed by atoms with Crippen LogP contribution in [0.25, 0.3) is 0 Å². The van der Waals surface area contributed by atoms with Crippen molar-refractivity contribution in [1.82, 2.24) is 0 Å². The van der Waals surface area contributed by atoms with Gasteiger partial charge in [-0.25, -0.2) is 9.59 Å². The highest BCUT2D eigenvalue weighted by atomic mass is 16.5. The molecule has 0 spiro atoms. The molecule has 26 heavy (non-hydrogen) atoms. The molecule has 0 saturated heterocycles. The average molecular weight is 368 g/mol. The predicted molar refractivity (Wildman–Crippen MR) is 98.4 cm³/mol. The number of unbranched alkanes of at least 4 members (excludes halogenated alkanes) is 11. The summed E-state index contributed by atoms with van der Waals surface area (Å²) >= 11 is 0. The number of aliphatic hydroxyl groups excluding tert-OH is 1. The van der Waals surface area contributed by atoms with Crippen LogP contribution in [0.4, 0.5) is 0 Å². The number of carboxylic acids is 1. The molecule has 1 aromatic rings. The van der Waals surface area contributed by atoms with Gasteiger partial charge in [0.05, 0.1) is 6.61 Å². The van der Waals surface area contributed by atoms with Crippen molar-refractivity contribution in [3.8, 4) is 0 Å². The Labute approximate surface area is 155 Å². The van der Waals surface area contributed by atoms with Gasteiger partial charge in [0.2, 0.25) is 11.5 Å². The zero-order chi connectivity index (χ0) is 19.0. The SMILES string of the molecule is O=C(O)c1ccc(C(=O)OCCCCCCCCCCCCCCO)o1. The Morgan fingerprint density at radius 1 is 0.769 bits per heavy atom. The molecule has 6 nitrogen and oxygen atoms in total. The first-order valence-corrected chi connectivity index (χ1v) is 9.76.